The van der Waals surface area contributed by atoms with Crippen LogP contribution >= 0.6 is 0 Å². The van der Waals surface area contributed by atoms with E-state index in [1.54, 1.807) is 0 Å². The molecular formula is C11H11FN4O3S. The van der Waals surface area contributed by atoms with Crippen molar-refractivity contribution < 1.29 is 12.8 Å². The number of hydrogen-bond acceptors (Lipinski definition) is 4. The van der Waals surface area contributed by atoms with Gasteiger partial charge in [0.05, 0.1) is 11.4 Å². The third-order valence-corrected chi connectivity index (χ3v) is 5.04. The number of fused-ring (bicyclic) bond motifs is 1. The summed E-state index contributed by atoms with van der Waals surface area (Å²) in [6.45, 7) is 0.426. The van der Waals surface area contributed by atoms with Crippen LogP contribution in [0.5, 0.6) is 0 Å². The van der Waals surface area contributed by atoms with Crippen LogP contribution in [0.25, 0.3) is 0 Å². The summed E-state index contributed by atoms with van der Waals surface area (Å²) in [5, 5.41) is 6.07. The second kappa shape index (κ2) is 4.53. The first-order valence-electron chi connectivity index (χ1n) is 5.88. The Kier molecular flexibility index (Phi) is 2.94. The van der Waals surface area contributed by atoms with Gasteiger partial charge in [-0.05, 0) is 24.3 Å². The fourth-order valence-corrected chi connectivity index (χ4v) is 3.50. The Morgan fingerprint density at radius 2 is 1.90 bits per heavy atom. The predicted molar refractivity (Wildman–Crippen MR) is 66.8 cm³/mol. The summed E-state index contributed by atoms with van der Waals surface area (Å²) in [5.41, 5.74) is -0.348. The molecule has 20 heavy (non-hydrogen) atoms. The van der Waals surface area contributed by atoms with Gasteiger partial charge in [-0.2, -0.15) is 9.40 Å². The van der Waals surface area contributed by atoms with Crippen LogP contribution in [-0.4, -0.2) is 34.0 Å². The second-order valence-corrected chi connectivity index (χ2v) is 6.33. The number of H-pyrrole nitrogens is 1. The van der Waals surface area contributed by atoms with E-state index in [-0.39, 0.29) is 30.2 Å². The predicted octanol–water partition coefficient (Wildman–Crippen LogP) is -0.0850. The molecule has 7 nitrogen and oxygen atoms in total. The van der Waals surface area contributed by atoms with Crippen molar-refractivity contribution in [3.05, 3.63) is 46.4 Å². The van der Waals surface area contributed by atoms with Crippen LogP contribution in [-0.2, 0) is 23.1 Å². The van der Waals surface area contributed by atoms with Crippen LogP contribution in [0.15, 0.2) is 34.0 Å². The van der Waals surface area contributed by atoms with Crippen LogP contribution in [0.4, 0.5) is 4.39 Å². The number of rotatable bonds is 2. The summed E-state index contributed by atoms with van der Waals surface area (Å²) in [7, 11) is -3.71. The molecule has 1 aromatic heterocycles. The molecule has 0 fully saturated rings. The summed E-state index contributed by atoms with van der Waals surface area (Å²) in [6.07, 6.45) is 0. The van der Waals surface area contributed by atoms with Crippen molar-refractivity contribution in [2.24, 2.45) is 0 Å². The molecule has 0 amide bonds. The van der Waals surface area contributed by atoms with Gasteiger partial charge in [0, 0.05) is 13.1 Å². The van der Waals surface area contributed by atoms with E-state index in [2.05, 4.69) is 10.2 Å². The van der Waals surface area contributed by atoms with Crippen molar-refractivity contribution in [1.82, 2.24) is 19.1 Å². The summed E-state index contributed by atoms with van der Waals surface area (Å²) in [6, 6.07) is 4.64. The summed E-state index contributed by atoms with van der Waals surface area (Å²) >= 11 is 0. The highest BCUT2D eigenvalue weighted by atomic mass is 32.2. The molecule has 0 unspecified atom stereocenters. The van der Waals surface area contributed by atoms with Gasteiger partial charge in [-0.25, -0.2) is 22.7 Å². The Labute approximate surface area is 113 Å². The molecule has 1 aliphatic rings. The third kappa shape index (κ3) is 2.04. The largest absolute Gasteiger partial charge is 0.343 e. The van der Waals surface area contributed by atoms with E-state index in [0.29, 0.717) is 5.82 Å². The lowest BCUT2D eigenvalue weighted by Crippen LogP contribution is -2.40. The minimum absolute atomic E-state index is 0.0124. The molecule has 0 spiro atoms. The molecule has 3 rings (SSSR count). The number of aromatic amines is 1. The minimum atomic E-state index is -3.71. The highest BCUT2D eigenvalue weighted by Crippen LogP contribution is 2.20. The molecule has 0 saturated carbocycles. The van der Waals surface area contributed by atoms with Gasteiger partial charge in [-0.3, -0.25) is 4.57 Å². The van der Waals surface area contributed by atoms with Crippen LogP contribution in [0.3, 0.4) is 0 Å². The minimum Gasteiger partial charge on any atom is -0.277 e. The zero-order valence-corrected chi connectivity index (χ0v) is 11.1. The third-order valence-electron chi connectivity index (χ3n) is 3.18. The Bertz CT molecular complexity index is 794. The van der Waals surface area contributed by atoms with Crippen molar-refractivity contribution in [3.8, 4) is 0 Å². The summed E-state index contributed by atoms with van der Waals surface area (Å²) in [4.78, 5) is 11.4. The van der Waals surface area contributed by atoms with Gasteiger partial charge >= 0.3 is 5.69 Å². The zero-order chi connectivity index (χ0) is 14.3. The first-order chi connectivity index (χ1) is 9.48. The van der Waals surface area contributed by atoms with E-state index in [1.165, 1.54) is 21.0 Å². The average Bonchev–Trinajstić information content (AvgIpc) is 2.80. The monoisotopic (exact) mass is 298 g/mol. The van der Waals surface area contributed by atoms with E-state index >= 15 is 0 Å². The molecule has 106 valence electrons. The molecule has 1 aromatic carbocycles. The second-order valence-electron chi connectivity index (χ2n) is 4.39. The van der Waals surface area contributed by atoms with E-state index in [9.17, 15) is 17.6 Å². The molecule has 0 aliphatic carbocycles. The molecule has 0 saturated heterocycles. The van der Waals surface area contributed by atoms with Crippen molar-refractivity contribution in [1.29, 1.82) is 0 Å². The number of nitrogens with one attached hydrogen (secondary N) is 1. The molecule has 0 bridgehead atoms. The van der Waals surface area contributed by atoms with Gasteiger partial charge in [-0.1, -0.05) is 0 Å². The van der Waals surface area contributed by atoms with Gasteiger partial charge in [0.15, 0.2) is 0 Å². The number of nitrogens with zero attached hydrogens (tertiary/aromatic N) is 3. The Hall–Kier alpha value is -2.00. The highest BCUT2D eigenvalue weighted by Gasteiger charge is 2.30. The highest BCUT2D eigenvalue weighted by molar-refractivity contribution is 7.89. The van der Waals surface area contributed by atoms with E-state index < -0.39 is 15.8 Å². The lowest BCUT2D eigenvalue weighted by molar-refractivity contribution is 0.332. The van der Waals surface area contributed by atoms with E-state index in [0.717, 1.165) is 12.1 Å². The van der Waals surface area contributed by atoms with Crippen LogP contribution in [0, 0.1) is 5.82 Å². The lowest BCUT2D eigenvalue weighted by atomic mass is 10.4. The molecule has 9 heteroatoms. The van der Waals surface area contributed by atoms with Crippen molar-refractivity contribution in [3.63, 3.8) is 0 Å². The fourth-order valence-electron chi connectivity index (χ4n) is 2.11. The maximum Gasteiger partial charge on any atom is 0.343 e. The number of sulfonamides is 1. The van der Waals surface area contributed by atoms with Crippen molar-refractivity contribution in [2.75, 3.05) is 6.54 Å². The number of hydrogen-bond donors (Lipinski definition) is 1. The van der Waals surface area contributed by atoms with Crippen molar-refractivity contribution in [2.45, 2.75) is 18.0 Å². The quantitative estimate of drug-likeness (QED) is 0.839. The number of benzene rings is 1. The van der Waals surface area contributed by atoms with Crippen LogP contribution in [0.1, 0.15) is 5.82 Å². The standard InChI is InChI=1S/C11H11FN4O3S/c12-8-1-3-9(4-2-8)20(18,19)15-5-6-16-10(7-15)13-14-11(16)17/h1-4H,5-7H2,(H,14,17). The maximum absolute atomic E-state index is 12.9. The summed E-state index contributed by atoms with van der Waals surface area (Å²) < 4.78 is 40.3. The molecule has 2 heterocycles. The van der Waals surface area contributed by atoms with Gasteiger partial charge in [-0.15, -0.1) is 0 Å². The smallest absolute Gasteiger partial charge is 0.277 e. The maximum atomic E-state index is 12.9. The van der Waals surface area contributed by atoms with Gasteiger partial charge in [0.1, 0.15) is 11.6 Å². The van der Waals surface area contributed by atoms with E-state index in [1.807, 2.05) is 0 Å². The molecular weight excluding hydrogens is 287 g/mol. The first-order valence-corrected chi connectivity index (χ1v) is 7.32. The SMILES string of the molecule is O=c1[nH]nc2n1CCN(S(=O)(=O)c1ccc(F)cc1)C2. The molecule has 1 aliphatic heterocycles. The zero-order valence-electron chi connectivity index (χ0n) is 10.3. The Morgan fingerprint density at radius 3 is 2.60 bits per heavy atom. The molecule has 0 radical (unpaired) electrons. The topological polar surface area (TPSA) is 88.1 Å². The van der Waals surface area contributed by atoms with Crippen molar-refractivity contribution >= 4 is 10.0 Å². The van der Waals surface area contributed by atoms with E-state index in [4.69, 9.17) is 0 Å². The lowest BCUT2D eigenvalue weighted by Gasteiger charge is -2.25. The number of halogens is 1. The molecule has 0 atom stereocenters. The Morgan fingerprint density at radius 1 is 1.20 bits per heavy atom. The van der Waals surface area contributed by atoms with Gasteiger partial charge < -0.3 is 0 Å². The van der Waals surface area contributed by atoms with Crippen LogP contribution < -0.4 is 5.69 Å². The molecule has 2 aromatic rings. The number of aromatic nitrogens is 3. The van der Waals surface area contributed by atoms with Gasteiger partial charge in [0.2, 0.25) is 10.0 Å². The summed E-state index contributed by atoms with van der Waals surface area (Å²) in [5.74, 6) is -0.129. The van der Waals surface area contributed by atoms with Crippen LogP contribution in [0.2, 0.25) is 0 Å². The first kappa shape index (κ1) is 13.0. The normalized spacial score (nSPS) is 16.1. The fraction of sp³-hybridized carbons (Fsp3) is 0.273. The van der Waals surface area contributed by atoms with Gasteiger partial charge in [0.25, 0.3) is 0 Å². The Balaban J connectivity index is 1.94. The molecule has 1 N–H and O–H groups in total. The average molecular weight is 298 g/mol.